The molecule has 0 saturated carbocycles. The van der Waals surface area contributed by atoms with E-state index >= 15 is 0 Å². The molecule has 0 unspecified atom stereocenters. The molecule has 28 heavy (non-hydrogen) atoms. The van der Waals surface area contributed by atoms with Crippen LogP contribution in [0, 0.1) is 11.8 Å². The van der Waals surface area contributed by atoms with Gasteiger partial charge in [-0.15, -0.1) is 0 Å². The van der Waals surface area contributed by atoms with Crippen molar-refractivity contribution in [2.45, 2.75) is 24.9 Å². The quantitative estimate of drug-likeness (QED) is 0.596. The van der Waals surface area contributed by atoms with Crippen LogP contribution in [0.5, 0.6) is 0 Å². The second-order valence-electron chi connectivity index (χ2n) is 7.67. The topological polar surface area (TPSA) is 55.8 Å². The summed E-state index contributed by atoms with van der Waals surface area (Å²) in [5.41, 5.74) is 1.29. The van der Waals surface area contributed by atoms with E-state index in [2.05, 4.69) is 0 Å². The Hall–Kier alpha value is -2.92. The summed E-state index contributed by atoms with van der Waals surface area (Å²) in [5, 5.41) is 0. The van der Waals surface area contributed by atoms with Crippen molar-refractivity contribution in [3.05, 3.63) is 83.9 Å². The Kier molecular flexibility index (Phi) is 4.05. The van der Waals surface area contributed by atoms with Crippen molar-refractivity contribution in [1.29, 1.82) is 0 Å². The first kappa shape index (κ1) is 17.2. The predicted octanol–water partition coefficient (Wildman–Crippen LogP) is 2.71. The van der Waals surface area contributed by atoms with Gasteiger partial charge in [0.25, 0.3) is 0 Å². The lowest BCUT2D eigenvalue weighted by atomic mass is 9.77. The van der Waals surface area contributed by atoms with Crippen molar-refractivity contribution < 1.29 is 19.1 Å². The minimum atomic E-state index is -0.701. The third kappa shape index (κ3) is 2.74. The molecule has 2 aromatic carbocycles. The number of likely N-dealkylation sites (tertiary alicyclic amines) is 1. The number of esters is 1. The largest absolute Gasteiger partial charge is 0.460 e. The Morgan fingerprint density at radius 2 is 1.75 bits per heavy atom. The summed E-state index contributed by atoms with van der Waals surface area (Å²) >= 11 is 0. The van der Waals surface area contributed by atoms with Gasteiger partial charge < -0.3 is 14.4 Å². The molecule has 1 spiro atoms. The predicted molar refractivity (Wildman–Crippen MR) is 102 cm³/mol. The molecule has 0 aliphatic carbocycles. The van der Waals surface area contributed by atoms with E-state index in [9.17, 15) is 9.59 Å². The normalized spacial score (nSPS) is 29.9. The van der Waals surface area contributed by atoms with Gasteiger partial charge in [0.2, 0.25) is 5.91 Å². The molecule has 3 aliphatic heterocycles. The van der Waals surface area contributed by atoms with Crippen LogP contribution in [0.15, 0.2) is 72.8 Å². The average molecular weight is 375 g/mol. The number of benzene rings is 2. The highest BCUT2D eigenvalue weighted by molar-refractivity contribution is 5.91. The maximum Gasteiger partial charge on any atom is 0.313 e. The molecule has 0 aromatic heterocycles. The second-order valence-corrected chi connectivity index (χ2v) is 7.67. The van der Waals surface area contributed by atoms with E-state index < -0.39 is 17.4 Å². The lowest BCUT2D eigenvalue weighted by Crippen LogP contribution is -2.39. The molecule has 2 fully saturated rings. The van der Waals surface area contributed by atoms with Gasteiger partial charge in [-0.1, -0.05) is 72.8 Å². The smallest absolute Gasteiger partial charge is 0.313 e. The maximum absolute atomic E-state index is 13.2. The summed E-state index contributed by atoms with van der Waals surface area (Å²) in [6.45, 7) is 1.20. The monoisotopic (exact) mass is 375 g/mol. The molecule has 5 heteroatoms. The van der Waals surface area contributed by atoms with E-state index in [0.29, 0.717) is 13.1 Å². The first-order valence-electron chi connectivity index (χ1n) is 9.57. The van der Waals surface area contributed by atoms with E-state index in [-0.39, 0.29) is 24.6 Å². The van der Waals surface area contributed by atoms with Crippen molar-refractivity contribution in [3.63, 3.8) is 0 Å². The van der Waals surface area contributed by atoms with Gasteiger partial charge in [0, 0.05) is 6.54 Å². The van der Waals surface area contributed by atoms with Gasteiger partial charge in [0.05, 0.1) is 18.6 Å². The van der Waals surface area contributed by atoms with E-state index in [0.717, 1.165) is 11.1 Å². The number of hydrogen-bond donors (Lipinski definition) is 0. The van der Waals surface area contributed by atoms with Crippen LogP contribution in [0.2, 0.25) is 0 Å². The Bertz CT molecular complexity index is 926. The standard InChI is InChI=1S/C23H21NO4/c25-21-20-19(22(26)27-14-17-9-5-2-6-10-17)18-11-12-23(20,28-18)15-24(21)13-16-7-3-1-4-8-16/h1-12,18-20H,13-15H2/t18-,19-,20+,23+/m1/s1. The third-order valence-corrected chi connectivity index (χ3v) is 5.89. The van der Waals surface area contributed by atoms with E-state index in [1.54, 1.807) is 4.90 Å². The zero-order valence-corrected chi connectivity index (χ0v) is 15.4. The zero-order valence-electron chi connectivity index (χ0n) is 15.4. The van der Waals surface area contributed by atoms with Crippen molar-refractivity contribution in [2.24, 2.45) is 11.8 Å². The van der Waals surface area contributed by atoms with Crippen LogP contribution in [-0.2, 0) is 32.2 Å². The van der Waals surface area contributed by atoms with Crippen LogP contribution < -0.4 is 0 Å². The van der Waals surface area contributed by atoms with Gasteiger partial charge in [-0.25, -0.2) is 0 Å². The van der Waals surface area contributed by atoms with Gasteiger partial charge in [0.15, 0.2) is 0 Å². The van der Waals surface area contributed by atoms with Crippen LogP contribution in [0.25, 0.3) is 0 Å². The summed E-state index contributed by atoms with van der Waals surface area (Å²) in [6.07, 6.45) is 3.49. The van der Waals surface area contributed by atoms with E-state index in [1.165, 1.54) is 0 Å². The van der Waals surface area contributed by atoms with Crippen LogP contribution in [-0.4, -0.2) is 35.0 Å². The molecule has 2 bridgehead atoms. The summed E-state index contributed by atoms with van der Waals surface area (Å²) in [6, 6.07) is 19.4. The molecular formula is C23H21NO4. The van der Waals surface area contributed by atoms with Gasteiger partial charge >= 0.3 is 5.97 Å². The molecule has 1 amide bonds. The third-order valence-electron chi connectivity index (χ3n) is 5.89. The van der Waals surface area contributed by atoms with Gasteiger partial charge in [-0.2, -0.15) is 0 Å². The molecule has 3 heterocycles. The minimum absolute atomic E-state index is 0.0302. The zero-order chi connectivity index (χ0) is 19.1. The molecule has 5 rings (SSSR count). The number of fused-ring (bicyclic) bond motifs is 1. The van der Waals surface area contributed by atoms with Crippen molar-refractivity contribution in [1.82, 2.24) is 4.90 Å². The summed E-state index contributed by atoms with van der Waals surface area (Å²) in [7, 11) is 0. The van der Waals surface area contributed by atoms with Crippen LogP contribution in [0.1, 0.15) is 11.1 Å². The molecule has 0 radical (unpaired) electrons. The minimum Gasteiger partial charge on any atom is -0.460 e. The first-order valence-corrected chi connectivity index (χ1v) is 9.57. The molecular weight excluding hydrogens is 354 g/mol. The van der Waals surface area contributed by atoms with Gasteiger partial charge in [-0.05, 0) is 11.1 Å². The van der Waals surface area contributed by atoms with Crippen LogP contribution in [0.4, 0.5) is 0 Å². The SMILES string of the molecule is O=C(OCc1ccccc1)[C@H]1[C@H]2C(=O)N(Cc3ccccc3)C[C@@]23C=C[C@H]1O3. The lowest BCUT2D eigenvalue weighted by Gasteiger charge is -2.22. The molecule has 2 saturated heterocycles. The number of carbonyl (C=O) groups excluding carboxylic acids is 2. The number of nitrogens with zero attached hydrogens (tertiary/aromatic N) is 1. The lowest BCUT2D eigenvalue weighted by molar-refractivity contribution is -0.155. The summed E-state index contributed by atoms with van der Waals surface area (Å²) < 4.78 is 11.7. The summed E-state index contributed by atoms with van der Waals surface area (Å²) in [5.74, 6) is -1.48. The number of amides is 1. The Labute approximate surface area is 163 Å². The highest BCUT2D eigenvalue weighted by Crippen LogP contribution is 2.52. The molecule has 5 nitrogen and oxygen atoms in total. The molecule has 2 aromatic rings. The molecule has 142 valence electrons. The van der Waals surface area contributed by atoms with Crippen LogP contribution >= 0.6 is 0 Å². The number of rotatable bonds is 5. The highest BCUT2D eigenvalue weighted by Gasteiger charge is 2.67. The molecule has 4 atom stereocenters. The van der Waals surface area contributed by atoms with Crippen molar-refractivity contribution in [3.8, 4) is 0 Å². The fourth-order valence-electron chi connectivity index (χ4n) is 4.61. The number of ether oxygens (including phenoxy) is 2. The highest BCUT2D eigenvalue weighted by atomic mass is 16.6. The second kappa shape index (κ2) is 6.60. The van der Waals surface area contributed by atoms with Gasteiger partial charge in [-0.3, -0.25) is 9.59 Å². The maximum atomic E-state index is 13.2. The summed E-state index contributed by atoms with van der Waals surface area (Å²) in [4.78, 5) is 27.8. The number of hydrogen-bond acceptors (Lipinski definition) is 4. The Morgan fingerprint density at radius 1 is 1.07 bits per heavy atom. The number of carbonyl (C=O) groups is 2. The molecule has 3 aliphatic rings. The first-order chi connectivity index (χ1) is 13.7. The Balaban J connectivity index is 1.33. The van der Waals surface area contributed by atoms with E-state index in [1.807, 2.05) is 72.8 Å². The van der Waals surface area contributed by atoms with Crippen molar-refractivity contribution >= 4 is 11.9 Å². The fourth-order valence-corrected chi connectivity index (χ4v) is 4.61. The van der Waals surface area contributed by atoms with Crippen molar-refractivity contribution in [2.75, 3.05) is 6.54 Å². The average Bonchev–Trinajstić information content (AvgIpc) is 3.36. The molecule has 0 N–H and O–H groups in total. The van der Waals surface area contributed by atoms with E-state index in [4.69, 9.17) is 9.47 Å². The van der Waals surface area contributed by atoms with Gasteiger partial charge in [0.1, 0.15) is 18.1 Å². The Morgan fingerprint density at radius 3 is 2.46 bits per heavy atom. The van der Waals surface area contributed by atoms with Crippen LogP contribution in [0.3, 0.4) is 0 Å². The fraction of sp³-hybridized carbons (Fsp3) is 0.304.